The van der Waals surface area contributed by atoms with Gasteiger partial charge < -0.3 is 9.13 Å². The summed E-state index contributed by atoms with van der Waals surface area (Å²) < 4.78 is 4.75. The number of aromatic nitrogens is 2. The third-order valence-electron chi connectivity index (χ3n) is 10.3. The summed E-state index contributed by atoms with van der Waals surface area (Å²) in [6.07, 6.45) is 0. The van der Waals surface area contributed by atoms with Gasteiger partial charge in [0.05, 0.1) is 22.1 Å². The van der Waals surface area contributed by atoms with Gasteiger partial charge in [0.2, 0.25) is 0 Å². The van der Waals surface area contributed by atoms with Crippen LogP contribution in [-0.2, 0) is 6.67 Å². The Hall–Kier alpha value is -6.76. The second kappa shape index (κ2) is 13.7. The molecule has 0 aliphatic carbocycles. The van der Waals surface area contributed by atoms with Crippen LogP contribution in [0, 0.1) is 0 Å². The lowest BCUT2D eigenvalue weighted by atomic mass is 9.99. The molecular weight excluding hydrogens is 679 g/mol. The number of nitrogens with zero attached hydrogens (tertiary/aromatic N) is 5. The zero-order chi connectivity index (χ0) is 35.3. The molecule has 0 saturated heterocycles. The highest BCUT2D eigenvalue weighted by Crippen LogP contribution is 2.44. The van der Waals surface area contributed by atoms with Gasteiger partial charge in [0.15, 0.2) is 11.7 Å². The molecule has 5 nitrogen and oxygen atoms in total. The number of hydrogen-bond acceptors (Lipinski definition) is 1. The summed E-state index contributed by atoms with van der Waals surface area (Å²) in [5.74, 6) is 1.13. The maximum atomic E-state index is 5.27. The first-order valence-corrected chi connectivity index (χ1v) is 17.8. The summed E-state index contributed by atoms with van der Waals surface area (Å²) in [6.45, 7) is 4.22. The van der Waals surface area contributed by atoms with E-state index in [1.54, 1.807) is 0 Å². The first kappa shape index (κ1) is 33.1. The monoisotopic (exact) mass is 713 g/mol. The zero-order valence-electron chi connectivity index (χ0n) is 29.4. The molecule has 0 saturated carbocycles. The van der Waals surface area contributed by atoms with Crippen LogP contribution in [0.2, 0.25) is 0 Å². The number of benzene rings is 8. The second-order valence-corrected chi connectivity index (χ2v) is 13.3. The SMILES string of the molecule is C=NC(=N/C(=N\Cn1c2cc3ccccc3cc2c2c3c4c5ccccc5ccc4n(-c4ccccc4)c3ccc21)c1ccccc1)c1ccccc1.S. The largest absolute Gasteiger partial charge is 0.320 e. The molecule has 2 heterocycles. The van der Waals surface area contributed by atoms with Gasteiger partial charge >= 0.3 is 0 Å². The highest BCUT2D eigenvalue weighted by Gasteiger charge is 2.22. The molecule has 54 heavy (non-hydrogen) atoms. The number of para-hydroxylation sites is 1. The Kier molecular flexibility index (Phi) is 8.37. The lowest BCUT2D eigenvalue weighted by molar-refractivity contribution is 0.792. The average molecular weight is 714 g/mol. The van der Waals surface area contributed by atoms with Crippen molar-refractivity contribution < 1.29 is 0 Å². The van der Waals surface area contributed by atoms with Crippen LogP contribution < -0.4 is 0 Å². The summed E-state index contributed by atoms with van der Waals surface area (Å²) in [7, 11) is 0. The lowest BCUT2D eigenvalue weighted by Gasteiger charge is -2.09. The number of rotatable bonds is 5. The average Bonchev–Trinajstić information content (AvgIpc) is 3.73. The van der Waals surface area contributed by atoms with Crippen molar-refractivity contribution in [2.75, 3.05) is 0 Å². The Labute approximate surface area is 319 Å². The van der Waals surface area contributed by atoms with Gasteiger partial charge in [0.25, 0.3) is 0 Å². The molecule has 258 valence electrons. The van der Waals surface area contributed by atoms with Crippen LogP contribution in [0.4, 0.5) is 0 Å². The summed E-state index contributed by atoms with van der Waals surface area (Å²) in [4.78, 5) is 14.6. The molecule has 6 heteroatoms. The van der Waals surface area contributed by atoms with Crippen LogP contribution in [0.5, 0.6) is 0 Å². The predicted octanol–water partition coefficient (Wildman–Crippen LogP) is 11.9. The van der Waals surface area contributed by atoms with Gasteiger partial charge in [-0.2, -0.15) is 13.5 Å². The smallest absolute Gasteiger partial charge is 0.161 e. The number of aliphatic imine (C=N–C) groups is 3. The van der Waals surface area contributed by atoms with Crippen molar-refractivity contribution in [3.8, 4) is 5.69 Å². The number of amidine groups is 2. The first-order chi connectivity index (χ1) is 26.3. The fraction of sp³-hybridized carbons (Fsp3) is 0.0208. The molecule has 0 fully saturated rings. The molecule has 0 spiro atoms. The van der Waals surface area contributed by atoms with Crippen molar-refractivity contribution in [1.82, 2.24) is 9.13 Å². The molecule has 10 rings (SSSR count). The van der Waals surface area contributed by atoms with Gasteiger partial charge in [-0.05, 0) is 70.7 Å². The first-order valence-electron chi connectivity index (χ1n) is 17.8. The molecule has 2 aromatic heterocycles. The minimum Gasteiger partial charge on any atom is -0.320 e. The maximum absolute atomic E-state index is 5.27. The molecule has 0 aliphatic heterocycles. The van der Waals surface area contributed by atoms with Gasteiger partial charge in [0, 0.05) is 38.4 Å². The van der Waals surface area contributed by atoms with Crippen LogP contribution in [0.1, 0.15) is 11.1 Å². The van der Waals surface area contributed by atoms with Crippen LogP contribution in [-0.4, -0.2) is 27.5 Å². The standard InChI is InChI=1S/C48H33N5.H2S/c1-49-47(33-16-5-2-6-17-33)51-48(34-18-7-3-8-19-34)50-31-52-40-27-28-42-46(45(40)39-29-35-20-11-12-21-36(35)30-43(39)52)44-38-24-14-13-15-32(38)25-26-41(44)53(42)37-22-9-4-10-23-37;/h2-30H,1,31H2;1H2/b50-48-,51-47?;. The minimum atomic E-state index is 0. The fourth-order valence-electron chi connectivity index (χ4n) is 7.94. The zero-order valence-corrected chi connectivity index (χ0v) is 30.4. The van der Waals surface area contributed by atoms with E-state index >= 15 is 0 Å². The normalized spacial score (nSPS) is 12.3. The van der Waals surface area contributed by atoms with Crippen molar-refractivity contribution >= 4 is 97.0 Å². The van der Waals surface area contributed by atoms with E-state index < -0.39 is 0 Å². The summed E-state index contributed by atoms with van der Waals surface area (Å²) in [6, 6.07) is 61.8. The third-order valence-corrected chi connectivity index (χ3v) is 10.3. The Morgan fingerprint density at radius 1 is 0.463 bits per heavy atom. The van der Waals surface area contributed by atoms with Gasteiger partial charge in [-0.25, -0.2) is 15.0 Å². The molecule has 10 aromatic rings. The second-order valence-electron chi connectivity index (χ2n) is 13.3. The number of fused-ring (bicyclic) bond motifs is 10. The molecule has 0 atom stereocenters. The van der Waals surface area contributed by atoms with Crippen molar-refractivity contribution in [1.29, 1.82) is 0 Å². The molecule has 0 amide bonds. The van der Waals surface area contributed by atoms with Crippen LogP contribution in [0.15, 0.2) is 191 Å². The fourth-order valence-corrected chi connectivity index (χ4v) is 7.94. The van der Waals surface area contributed by atoms with E-state index in [-0.39, 0.29) is 13.5 Å². The van der Waals surface area contributed by atoms with Gasteiger partial charge in [-0.15, -0.1) is 0 Å². The minimum absolute atomic E-state index is 0. The molecule has 0 bridgehead atoms. The van der Waals surface area contributed by atoms with Crippen molar-refractivity contribution in [2.24, 2.45) is 15.0 Å². The molecule has 8 aromatic carbocycles. The van der Waals surface area contributed by atoms with E-state index in [0.29, 0.717) is 18.3 Å². The highest BCUT2D eigenvalue weighted by molar-refractivity contribution is 7.59. The third kappa shape index (κ3) is 5.38. The maximum Gasteiger partial charge on any atom is 0.161 e. The summed E-state index contributed by atoms with van der Waals surface area (Å²) in [5, 5.41) is 9.76. The quantitative estimate of drug-likeness (QED) is 0.126. The van der Waals surface area contributed by atoms with Gasteiger partial charge in [-0.3, -0.25) is 0 Å². The van der Waals surface area contributed by atoms with Crippen molar-refractivity contribution in [3.63, 3.8) is 0 Å². The molecular formula is C48H35N5S. The van der Waals surface area contributed by atoms with Crippen LogP contribution in [0.25, 0.3) is 70.8 Å². The summed E-state index contributed by atoms with van der Waals surface area (Å²) in [5.41, 5.74) is 7.53. The lowest BCUT2D eigenvalue weighted by Crippen LogP contribution is -2.07. The van der Waals surface area contributed by atoms with Crippen LogP contribution >= 0.6 is 13.5 Å². The van der Waals surface area contributed by atoms with E-state index in [0.717, 1.165) is 27.8 Å². The predicted molar refractivity (Wildman–Crippen MR) is 235 cm³/mol. The van der Waals surface area contributed by atoms with Crippen molar-refractivity contribution in [3.05, 3.63) is 187 Å². The highest BCUT2D eigenvalue weighted by atomic mass is 32.1. The van der Waals surface area contributed by atoms with E-state index in [4.69, 9.17) is 9.98 Å². The van der Waals surface area contributed by atoms with Gasteiger partial charge in [-0.1, -0.05) is 133 Å². The Morgan fingerprint density at radius 2 is 1.00 bits per heavy atom. The molecule has 0 N–H and O–H groups in total. The van der Waals surface area contributed by atoms with E-state index in [1.807, 2.05) is 60.7 Å². The van der Waals surface area contributed by atoms with Crippen LogP contribution in [0.3, 0.4) is 0 Å². The molecule has 0 aliphatic rings. The molecule has 0 unspecified atom stereocenters. The van der Waals surface area contributed by atoms with Crippen molar-refractivity contribution in [2.45, 2.75) is 6.67 Å². The van der Waals surface area contributed by atoms with Gasteiger partial charge in [0.1, 0.15) is 6.67 Å². The van der Waals surface area contributed by atoms with E-state index in [9.17, 15) is 0 Å². The van der Waals surface area contributed by atoms with E-state index in [1.165, 1.54) is 54.1 Å². The Bertz CT molecular complexity index is 3090. The summed E-state index contributed by atoms with van der Waals surface area (Å²) >= 11 is 0. The Balaban J connectivity index is 0.00000384. The number of hydrogen-bond donors (Lipinski definition) is 0. The molecule has 0 radical (unpaired) electrons. The topological polar surface area (TPSA) is 46.9 Å². The Morgan fingerprint density at radius 3 is 1.70 bits per heavy atom. The van der Waals surface area contributed by atoms with E-state index in [2.05, 4.69) is 136 Å².